The molecule has 1 aliphatic heterocycles. The molecule has 0 spiro atoms. The summed E-state index contributed by atoms with van der Waals surface area (Å²) in [6.45, 7) is 5.17. The summed E-state index contributed by atoms with van der Waals surface area (Å²) in [5.41, 5.74) is -3.21. The van der Waals surface area contributed by atoms with Crippen LogP contribution in [0.2, 0.25) is 0 Å². The van der Waals surface area contributed by atoms with Gasteiger partial charge in [-0.05, 0) is 6.92 Å². The van der Waals surface area contributed by atoms with E-state index >= 15 is 0 Å². The minimum atomic E-state index is -2.24. The Labute approximate surface area is 116 Å². The number of hydrogen-bond donors (Lipinski definition) is 0. The van der Waals surface area contributed by atoms with E-state index in [9.17, 15) is 18.8 Å². The minimum absolute atomic E-state index is 0.184. The van der Waals surface area contributed by atoms with Crippen LogP contribution in [0.4, 0.5) is 4.39 Å². The average molecular weight is 290 g/mol. The summed E-state index contributed by atoms with van der Waals surface area (Å²) >= 11 is 0. The van der Waals surface area contributed by atoms with Gasteiger partial charge in [-0.15, -0.1) is 0 Å². The second-order valence-corrected chi connectivity index (χ2v) is 5.76. The summed E-state index contributed by atoms with van der Waals surface area (Å²) in [5, 5.41) is 0. The van der Waals surface area contributed by atoms with Crippen molar-refractivity contribution in [1.29, 1.82) is 0 Å². The molecule has 1 saturated heterocycles. The topological polar surface area (TPSA) is 78.9 Å². The first kappa shape index (κ1) is 16.4. The molecule has 0 saturated carbocycles. The Kier molecular flexibility index (Phi) is 4.73. The molecule has 2 atom stereocenters. The van der Waals surface area contributed by atoms with Gasteiger partial charge in [0.1, 0.15) is 0 Å². The third-order valence-corrected chi connectivity index (χ3v) is 3.27. The van der Waals surface area contributed by atoms with Crippen LogP contribution in [0, 0.1) is 5.41 Å². The van der Waals surface area contributed by atoms with Crippen molar-refractivity contribution in [2.45, 2.75) is 45.9 Å². The number of alkyl halides is 1. The molecule has 0 aliphatic carbocycles. The Morgan fingerprint density at radius 2 is 1.95 bits per heavy atom. The van der Waals surface area contributed by atoms with Crippen LogP contribution in [0.25, 0.3) is 0 Å². The number of carbonyl (C=O) groups excluding carboxylic acids is 3. The van der Waals surface area contributed by atoms with Gasteiger partial charge in [-0.3, -0.25) is 0 Å². The molecule has 1 rings (SSSR count). The van der Waals surface area contributed by atoms with Crippen molar-refractivity contribution in [1.82, 2.24) is 0 Å². The van der Waals surface area contributed by atoms with E-state index < -0.39 is 41.7 Å². The van der Waals surface area contributed by atoms with Gasteiger partial charge in [0, 0.05) is 11.8 Å². The van der Waals surface area contributed by atoms with Crippen molar-refractivity contribution in [2.75, 3.05) is 13.2 Å². The van der Waals surface area contributed by atoms with Gasteiger partial charge in [0.2, 0.25) is 11.8 Å². The first-order valence-corrected chi connectivity index (χ1v) is 6.28. The first-order valence-electron chi connectivity index (χ1n) is 6.28. The Morgan fingerprint density at radius 1 is 1.35 bits per heavy atom. The molecule has 0 aromatic carbocycles. The van der Waals surface area contributed by atoms with E-state index in [0.717, 1.165) is 6.92 Å². The summed E-state index contributed by atoms with van der Waals surface area (Å²) in [7, 11) is 0. The van der Waals surface area contributed by atoms with Crippen molar-refractivity contribution < 1.29 is 33.0 Å². The van der Waals surface area contributed by atoms with Crippen LogP contribution >= 0.6 is 0 Å². The maximum atomic E-state index is 14.2. The summed E-state index contributed by atoms with van der Waals surface area (Å²) in [5.74, 6) is -2.68. The third kappa shape index (κ3) is 3.68. The van der Waals surface area contributed by atoms with Crippen molar-refractivity contribution in [3.8, 4) is 0 Å². The number of carbonyl (C=O) groups is 3. The summed E-state index contributed by atoms with van der Waals surface area (Å²) in [6.07, 6.45) is -0.706. The predicted molar refractivity (Wildman–Crippen MR) is 65.4 cm³/mol. The third-order valence-electron chi connectivity index (χ3n) is 3.27. The van der Waals surface area contributed by atoms with Crippen LogP contribution < -0.4 is 0 Å². The zero-order valence-corrected chi connectivity index (χ0v) is 12.0. The smallest absolute Gasteiger partial charge is 0.347 e. The summed E-state index contributed by atoms with van der Waals surface area (Å²) < 4.78 is 28.2. The van der Waals surface area contributed by atoms with Gasteiger partial charge in [0.15, 0.2) is 6.61 Å². The van der Waals surface area contributed by atoms with Gasteiger partial charge >= 0.3 is 17.9 Å². The van der Waals surface area contributed by atoms with Crippen molar-refractivity contribution >= 4 is 17.9 Å². The summed E-state index contributed by atoms with van der Waals surface area (Å²) in [6, 6.07) is 0. The molecule has 20 heavy (non-hydrogen) atoms. The lowest BCUT2D eigenvalue weighted by molar-refractivity contribution is -0.175. The molecule has 0 radical (unpaired) electrons. The molecule has 1 fully saturated rings. The van der Waals surface area contributed by atoms with Gasteiger partial charge in [-0.2, -0.15) is 0 Å². The maximum absolute atomic E-state index is 14.2. The second kappa shape index (κ2) is 5.76. The van der Waals surface area contributed by atoms with Gasteiger partial charge in [-0.1, -0.05) is 20.8 Å². The van der Waals surface area contributed by atoms with Crippen LogP contribution in [-0.4, -0.2) is 42.9 Å². The Balaban J connectivity index is 2.45. The number of rotatable bonds is 4. The van der Waals surface area contributed by atoms with Gasteiger partial charge < -0.3 is 14.2 Å². The highest BCUT2D eigenvalue weighted by atomic mass is 19.1. The molecule has 1 aliphatic rings. The lowest BCUT2D eigenvalue weighted by Crippen LogP contribution is -2.45. The number of esters is 3. The van der Waals surface area contributed by atoms with E-state index in [0.29, 0.717) is 0 Å². The van der Waals surface area contributed by atoms with Gasteiger partial charge in [0.25, 0.3) is 0 Å². The number of ether oxygens (including phenoxy) is 3. The lowest BCUT2D eigenvalue weighted by atomic mass is 9.79. The molecule has 2 unspecified atom stereocenters. The predicted octanol–water partition coefficient (Wildman–Crippen LogP) is 1.16. The van der Waals surface area contributed by atoms with Crippen LogP contribution in [0.1, 0.15) is 34.1 Å². The normalized spacial score (nSPS) is 21.9. The Morgan fingerprint density at radius 3 is 2.40 bits per heavy atom. The quantitative estimate of drug-likeness (QED) is 0.571. The fourth-order valence-electron chi connectivity index (χ4n) is 1.34. The Hall–Kier alpha value is -1.66. The van der Waals surface area contributed by atoms with Crippen LogP contribution in [-0.2, 0) is 28.6 Å². The Bertz CT molecular complexity index is 410. The molecule has 0 aromatic rings. The van der Waals surface area contributed by atoms with E-state index in [4.69, 9.17) is 4.74 Å². The molecule has 0 N–H and O–H groups in total. The van der Waals surface area contributed by atoms with Gasteiger partial charge in [0.05, 0.1) is 6.61 Å². The number of halogens is 1. The molecule has 0 bridgehead atoms. The standard InChI is InChI=1S/C13H19FO6/c1-12(2,3)13(4,14)11(17)19-7-9(15)20-8-5-6-18-10(8)16/h8H,5-7H2,1-4H3. The molecule has 6 nitrogen and oxygen atoms in total. The van der Waals surface area contributed by atoms with E-state index in [-0.39, 0.29) is 13.0 Å². The highest BCUT2D eigenvalue weighted by molar-refractivity contribution is 5.84. The van der Waals surface area contributed by atoms with E-state index in [1.807, 2.05) is 0 Å². The highest BCUT2D eigenvalue weighted by Crippen LogP contribution is 2.34. The SMILES string of the molecule is CC(C)(C)C(C)(F)C(=O)OCC(=O)OC1CCOC1=O. The largest absolute Gasteiger partial charge is 0.463 e. The van der Waals surface area contributed by atoms with Crippen LogP contribution in [0.5, 0.6) is 0 Å². The molecule has 7 heteroatoms. The fourth-order valence-corrected chi connectivity index (χ4v) is 1.34. The van der Waals surface area contributed by atoms with E-state index in [1.54, 1.807) is 20.8 Å². The van der Waals surface area contributed by atoms with E-state index in [1.165, 1.54) is 0 Å². The number of cyclic esters (lactones) is 1. The average Bonchev–Trinajstić information content (AvgIpc) is 2.70. The van der Waals surface area contributed by atoms with Crippen LogP contribution in [0.3, 0.4) is 0 Å². The molecule has 114 valence electrons. The zero-order chi connectivity index (χ0) is 15.6. The molecule has 1 heterocycles. The minimum Gasteiger partial charge on any atom is -0.463 e. The van der Waals surface area contributed by atoms with E-state index in [2.05, 4.69) is 9.47 Å². The zero-order valence-electron chi connectivity index (χ0n) is 12.0. The van der Waals surface area contributed by atoms with Crippen LogP contribution in [0.15, 0.2) is 0 Å². The van der Waals surface area contributed by atoms with Gasteiger partial charge in [-0.25, -0.2) is 18.8 Å². The van der Waals surface area contributed by atoms with Crippen molar-refractivity contribution in [3.63, 3.8) is 0 Å². The second-order valence-electron chi connectivity index (χ2n) is 5.76. The fraction of sp³-hybridized carbons (Fsp3) is 0.769. The van der Waals surface area contributed by atoms with Crippen molar-refractivity contribution in [2.24, 2.45) is 5.41 Å². The molecular weight excluding hydrogens is 271 g/mol. The monoisotopic (exact) mass is 290 g/mol. The number of hydrogen-bond acceptors (Lipinski definition) is 6. The molecular formula is C13H19FO6. The molecule has 0 aromatic heterocycles. The maximum Gasteiger partial charge on any atom is 0.347 e. The van der Waals surface area contributed by atoms with Crippen molar-refractivity contribution in [3.05, 3.63) is 0 Å². The molecule has 0 amide bonds. The highest BCUT2D eigenvalue weighted by Gasteiger charge is 2.46. The first-order chi connectivity index (χ1) is 9.05. The lowest BCUT2D eigenvalue weighted by Gasteiger charge is -2.31. The summed E-state index contributed by atoms with van der Waals surface area (Å²) in [4.78, 5) is 34.1.